The van der Waals surface area contributed by atoms with Gasteiger partial charge in [-0.2, -0.15) is 5.10 Å². The Kier molecular flexibility index (Phi) is 6.92. The highest BCUT2D eigenvalue weighted by Gasteiger charge is 2.20. The van der Waals surface area contributed by atoms with Crippen molar-refractivity contribution in [1.29, 1.82) is 0 Å². The number of ether oxygens (including phenoxy) is 1. The Bertz CT molecular complexity index is 1100. The van der Waals surface area contributed by atoms with Gasteiger partial charge in [0.1, 0.15) is 0 Å². The van der Waals surface area contributed by atoms with E-state index in [1.165, 1.54) is 5.56 Å². The molecule has 1 saturated heterocycles. The fraction of sp³-hybridized carbons (Fsp3) is 0.458. The molecule has 0 radical (unpaired) electrons. The first-order chi connectivity index (χ1) is 15.7. The zero-order valence-corrected chi connectivity index (χ0v) is 20.8. The van der Waals surface area contributed by atoms with E-state index in [0.717, 1.165) is 36.4 Å². The Labute approximate surface area is 200 Å². The van der Waals surface area contributed by atoms with E-state index in [-0.39, 0.29) is 11.2 Å². The van der Waals surface area contributed by atoms with Crippen molar-refractivity contribution in [1.82, 2.24) is 29.4 Å². The van der Waals surface area contributed by atoms with Crippen LogP contribution < -0.4 is 15.2 Å². The van der Waals surface area contributed by atoms with Gasteiger partial charge in [0.2, 0.25) is 0 Å². The molecule has 0 spiro atoms. The lowest BCUT2D eigenvalue weighted by molar-refractivity contribution is 0.212. The number of nitrogens with one attached hydrogen (secondary N) is 1. The van der Waals surface area contributed by atoms with Gasteiger partial charge in [-0.05, 0) is 81.2 Å². The lowest BCUT2D eigenvalue weighted by atomic mass is 9.86. The number of nitrogens with two attached hydrogens (primary N) is 1. The fourth-order valence-corrected chi connectivity index (χ4v) is 4.50. The van der Waals surface area contributed by atoms with Crippen LogP contribution in [0.4, 0.5) is 5.82 Å². The quantitative estimate of drug-likeness (QED) is 0.512. The maximum absolute atomic E-state index is 6.11. The second-order valence-corrected chi connectivity index (χ2v) is 10.6. The van der Waals surface area contributed by atoms with Gasteiger partial charge in [0.25, 0.3) is 5.88 Å². The molecule has 0 atom stereocenters. The predicted octanol–water partition coefficient (Wildman–Crippen LogP) is 4.51. The third kappa shape index (κ3) is 5.66. The first kappa shape index (κ1) is 23.5. The molecule has 33 heavy (non-hydrogen) atoms. The molecule has 1 aliphatic heterocycles. The number of rotatable bonds is 6. The summed E-state index contributed by atoms with van der Waals surface area (Å²) in [5, 5.41) is 4.52. The summed E-state index contributed by atoms with van der Waals surface area (Å²) in [6.45, 7) is 8.74. The summed E-state index contributed by atoms with van der Waals surface area (Å²) in [5.41, 5.74) is 9.02. The van der Waals surface area contributed by atoms with Crippen LogP contribution in [-0.2, 0) is 5.41 Å². The maximum Gasteiger partial charge on any atom is 0.263 e. The smallest absolute Gasteiger partial charge is 0.263 e. The van der Waals surface area contributed by atoms with Crippen molar-refractivity contribution in [3.8, 4) is 22.9 Å². The molecule has 176 valence electrons. The van der Waals surface area contributed by atoms with Crippen LogP contribution in [0.2, 0.25) is 0 Å². The number of aromatic nitrogens is 4. The molecule has 1 fully saturated rings. The maximum atomic E-state index is 6.11. The molecule has 3 heterocycles. The minimum absolute atomic E-state index is 0.00212. The highest BCUT2D eigenvalue weighted by molar-refractivity contribution is 7.97. The number of nitrogens with zero attached hydrogens (tertiary/aromatic N) is 5. The lowest BCUT2D eigenvalue weighted by Gasteiger charge is -2.28. The molecule has 1 aromatic carbocycles. The monoisotopic (exact) mass is 467 g/mol. The van der Waals surface area contributed by atoms with Gasteiger partial charge >= 0.3 is 0 Å². The second-order valence-electron chi connectivity index (χ2n) is 9.54. The second kappa shape index (κ2) is 9.70. The number of piperidine rings is 1. The van der Waals surface area contributed by atoms with Crippen molar-refractivity contribution in [3.05, 3.63) is 42.4 Å². The van der Waals surface area contributed by atoms with Crippen LogP contribution in [0.5, 0.6) is 11.6 Å². The Morgan fingerprint density at radius 1 is 1.15 bits per heavy atom. The number of hydrogen-bond donors (Lipinski definition) is 2. The topological polar surface area (TPSA) is 94.1 Å². The van der Waals surface area contributed by atoms with E-state index in [1.54, 1.807) is 24.3 Å². The third-order valence-electron chi connectivity index (χ3n) is 5.91. The van der Waals surface area contributed by atoms with Crippen molar-refractivity contribution in [2.75, 3.05) is 32.9 Å². The fourth-order valence-electron chi connectivity index (χ4n) is 3.90. The zero-order valence-electron chi connectivity index (χ0n) is 20.0. The highest BCUT2D eigenvalue weighted by atomic mass is 32.2. The average molecular weight is 468 g/mol. The minimum atomic E-state index is 0.00212. The van der Waals surface area contributed by atoms with Crippen molar-refractivity contribution in [3.63, 3.8) is 0 Å². The number of benzene rings is 1. The van der Waals surface area contributed by atoms with Gasteiger partial charge in [-0.15, -0.1) is 0 Å². The largest absolute Gasteiger partial charge is 0.433 e. The number of likely N-dealkylation sites (tertiary alicyclic amines) is 1. The molecule has 8 nitrogen and oxygen atoms in total. The van der Waals surface area contributed by atoms with E-state index in [0.29, 0.717) is 23.4 Å². The van der Waals surface area contributed by atoms with Gasteiger partial charge < -0.3 is 15.4 Å². The molecule has 3 aromatic rings. The summed E-state index contributed by atoms with van der Waals surface area (Å²) in [7, 11) is 4.06. The Balaban J connectivity index is 1.60. The molecule has 3 N–H and O–H groups in total. The van der Waals surface area contributed by atoms with Crippen LogP contribution in [0, 0.1) is 0 Å². The van der Waals surface area contributed by atoms with Crippen molar-refractivity contribution >= 4 is 17.8 Å². The van der Waals surface area contributed by atoms with E-state index < -0.39 is 0 Å². The summed E-state index contributed by atoms with van der Waals surface area (Å²) in [5.74, 6) is 1.16. The summed E-state index contributed by atoms with van der Waals surface area (Å²) < 4.78 is 11.2. The first-order valence-corrected chi connectivity index (χ1v) is 12.1. The lowest BCUT2D eigenvalue weighted by Crippen LogP contribution is -2.31. The standard InChI is InChI=1S/C24H33N7OS/c1-24(2,3)17-10-16(11-20(12-17)33-26-4)21-14-27-22(25)23(29-21)32-19-13-28-31(15-19)18-6-8-30(5)9-7-18/h10-15,18,26H,6-9H2,1-5H3,(H2,25,27). The van der Waals surface area contributed by atoms with Crippen LogP contribution in [0.3, 0.4) is 0 Å². The third-order valence-corrected chi connectivity index (χ3v) is 6.59. The molecule has 4 rings (SSSR count). The Morgan fingerprint density at radius 3 is 2.61 bits per heavy atom. The van der Waals surface area contributed by atoms with Gasteiger partial charge in [0, 0.05) is 10.5 Å². The Morgan fingerprint density at radius 2 is 1.91 bits per heavy atom. The molecule has 9 heteroatoms. The number of anilines is 1. The number of nitrogen functional groups attached to an aromatic ring is 1. The van der Waals surface area contributed by atoms with Crippen LogP contribution in [0.1, 0.15) is 45.2 Å². The van der Waals surface area contributed by atoms with Crippen LogP contribution in [0.25, 0.3) is 11.3 Å². The van der Waals surface area contributed by atoms with Gasteiger partial charge in [-0.25, -0.2) is 9.97 Å². The molecule has 0 amide bonds. The summed E-state index contributed by atoms with van der Waals surface area (Å²) in [4.78, 5) is 12.5. The van der Waals surface area contributed by atoms with Crippen molar-refractivity contribution in [2.24, 2.45) is 0 Å². The van der Waals surface area contributed by atoms with E-state index in [9.17, 15) is 0 Å². The van der Waals surface area contributed by atoms with E-state index in [2.05, 4.69) is 65.7 Å². The van der Waals surface area contributed by atoms with Gasteiger partial charge in [-0.1, -0.05) is 20.8 Å². The molecule has 1 aliphatic rings. The van der Waals surface area contributed by atoms with Gasteiger partial charge in [-0.3, -0.25) is 9.40 Å². The molecule has 2 aromatic heterocycles. The molecule has 0 bridgehead atoms. The van der Waals surface area contributed by atoms with Gasteiger partial charge in [0.15, 0.2) is 11.6 Å². The first-order valence-electron chi connectivity index (χ1n) is 11.3. The summed E-state index contributed by atoms with van der Waals surface area (Å²) >= 11 is 1.57. The summed E-state index contributed by atoms with van der Waals surface area (Å²) in [6, 6.07) is 6.83. The average Bonchev–Trinajstić information content (AvgIpc) is 3.24. The molecule has 0 unspecified atom stereocenters. The molecular weight excluding hydrogens is 434 g/mol. The zero-order chi connectivity index (χ0) is 23.6. The molecule has 0 saturated carbocycles. The number of hydrogen-bond acceptors (Lipinski definition) is 8. The van der Waals surface area contributed by atoms with Crippen molar-refractivity contribution < 1.29 is 4.74 Å². The normalized spacial score (nSPS) is 15.7. The van der Waals surface area contributed by atoms with Gasteiger partial charge in [0.05, 0.1) is 30.3 Å². The minimum Gasteiger partial charge on any atom is -0.433 e. The Hall–Kier alpha value is -2.62. The van der Waals surface area contributed by atoms with E-state index >= 15 is 0 Å². The van der Waals surface area contributed by atoms with Crippen LogP contribution in [-0.4, -0.2) is 51.8 Å². The van der Waals surface area contributed by atoms with Crippen LogP contribution >= 0.6 is 11.9 Å². The molecular formula is C24H33N7OS. The molecule has 0 aliphatic carbocycles. The van der Waals surface area contributed by atoms with Crippen molar-refractivity contribution in [2.45, 2.75) is 50.0 Å². The predicted molar refractivity (Wildman–Crippen MR) is 134 cm³/mol. The summed E-state index contributed by atoms with van der Waals surface area (Å²) in [6.07, 6.45) is 7.48. The van der Waals surface area contributed by atoms with E-state index in [4.69, 9.17) is 15.5 Å². The highest BCUT2D eigenvalue weighted by Crippen LogP contribution is 2.33. The van der Waals surface area contributed by atoms with Crippen LogP contribution in [0.15, 0.2) is 41.7 Å². The van der Waals surface area contributed by atoms with E-state index in [1.807, 2.05) is 17.9 Å². The SMILES string of the molecule is CNSc1cc(-c2cnc(N)c(Oc3cnn(C4CCN(C)CC4)c3)n2)cc(C(C)(C)C)c1.